The molecule has 5 rings (SSSR count). The van der Waals surface area contributed by atoms with Gasteiger partial charge in [0.25, 0.3) is 0 Å². The van der Waals surface area contributed by atoms with Crippen molar-refractivity contribution in [3.63, 3.8) is 0 Å². The molecule has 0 saturated carbocycles. The molecule has 1 aliphatic heterocycles. The average Bonchev–Trinajstić information content (AvgIpc) is 2.93. The molecule has 0 aliphatic carbocycles. The van der Waals surface area contributed by atoms with E-state index in [0.717, 1.165) is 12.2 Å². The van der Waals surface area contributed by atoms with Crippen molar-refractivity contribution in [1.82, 2.24) is 35.2 Å². The summed E-state index contributed by atoms with van der Waals surface area (Å²) in [5, 5.41) is 9.43. The lowest BCUT2D eigenvalue weighted by Crippen LogP contribution is -2.41. The fourth-order valence-electron chi connectivity index (χ4n) is 3.53. The molecule has 1 aliphatic rings. The number of carbonyl (C=O) groups is 1. The first-order valence-corrected chi connectivity index (χ1v) is 11.7. The molecular weight excluding hydrogens is 474 g/mol. The summed E-state index contributed by atoms with van der Waals surface area (Å²) in [7, 11) is 0. The number of ether oxygens (including phenoxy) is 2. The molecule has 1 fully saturated rings. The van der Waals surface area contributed by atoms with E-state index in [1.54, 1.807) is 36.7 Å². The monoisotopic (exact) mass is 499 g/mol. The lowest BCUT2D eigenvalue weighted by molar-refractivity contribution is -0.0216. The van der Waals surface area contributed by atoms with Crippen molar-refractivity contribution in [2.75, 3.05) is 36.9 Å². The van der Waals surface area contributed by atoms with Crippen LogP contribution in [0, 0.1) is 6.92 Å². The standard InChI is InChI=1S/C25H25N9O3/c1-16-3-2-4-19(30-16)23-27-9-7-21(33-23)32-22-8-10-28-25(34-22)31-17-5-6-20(29-13-17)24(35)37-15-18-14-26-11-12-36-18/h2-10,13,18,26H,11-12,14-15H2,1H3,(H2,27,28,31,32,33,34)/t18-/m1/s1. The minimum Gasteiger partial charge on any atom is -0.458 e. The molecule has 5 heterocycles. The second-order valence-corrected chi connectivity index (χ2v) is 8.17. The van der Waals surface area contributed by atoms with Gasteiger partial charge in [0, 0.05) is 31.2 Å². The summed E-state index contributed by atoms with van der Waals surface area (Å²) in [4.78, 5) is 38.5. The number of hydrogen-bond donors (Lipinski definition) is 3. The van der Waals surface area contributed by atoms with E-state index in [0.29, 0.717) is 47.9 Å². The highest BCUT2D eigenvalue weighted by Gasteiger charge is 2.17. The topological polar surface area (TPSA) is 149 Å². The quantitative estimate of drug-likeness (QED) is 0.306. The number of rotatable bonds is 8. The SMILES string of the molecule is Cc1cccc(-c2nccc(Nc3ccnc(Nc4ccc(C(=O)OC[C@H]5CNCCO5)nc4)n3)n2)n1. The number of hydrogen-bond acceptors (Lipinski definition) is 12. The Kier molecular flexibility index (Phi) is 7.48. The Balaban J connectivity index is 1.20. The van der Waals surface area contributed by atoms with Crippen LogP contribution in [0.1, 0.15) is 16.2 Å². The van der Waals surface area contributed by atoms with Gasteiger partial charge in [-0.05, 0) is 43.3 Å². The van der Waals surface area contributed by atoms with Gasteiger partial charge < -0.3 is 25.4 Å². The molecule has 0 spiro atoms. The van der Waals surface area contributed by atoms with Gasteiger partial charge in [-0.15, -0.1) is 0 Å². The van der Waals surface area contributed by atoms with Gasteiger partial charge in [-0.25, -0.2) is 29.7 Å². The van der Waals surface area contributed by atoms with Crippen LogP contribution in [0.15, 0.2) is 61.1 Å². The number of aromatic nitrogens is 6. The maximum Gasteiger partial charge on any atom is 0.357 e. The average molecular weight is 500 g/mol. The summed E-state index contributed by atoms with van der Waals surface area (Å²) >= 11 is 0. The second kappa shape index (κ2) is 11.5. The molecular formula is C25H25N9O3. The molecule has 4 aromatic rings. The molecule has 12 heteroatoms. The first-order valence-electron chi connectivity index (χ1n) is 11.7. The number of anilines is 4. The molecule has 0 unspecified atom stereocenters. The van der Waals surface area contributed by atoms with E-state index in [2.05, 4.69) is 45.9 Å². The number of esters is 1. The van der Waals surface area contributed by atoms with Crippen molar-refractivity contribution >= 4 is 29.2 Å². The van der Waals surface area contributed by atoms with E-state index in [4.69, 9.17) is 9.47 Å². The molecule has 1 atom stereocenters. The van der Waals surface area contributed by atoms with Gasteiger partial charge in [0.15, 0.2) is 5.82 Å². The predicted octanol–water partition coefficient (Wildman–Crippen LogP) is 2.66. The van der Waals surface area contributed by atoms with Gasteiger partial charge in [0.2, 0.25) is 5.95 Å². The van der Waals surface area contributed by atoms with Crippen LogP contribution in [0.5, 0.6) is 0 Å². The Morgan fingerprint density at radius 2 is 1.89 bits per heavy atom. The fourth-order valence-corrected chi connectivity index (χ4v) is 3.53. The number of nitrogens with one attached hydrogen (secondary N) is 3. The van der Waals surface area contributed by atoms with Crippen LogP contribution in [0.4, 0.5) is 23.3 Å². The zero-order valence-corrected chi connectivity index (χ0v) is 20.1. The summed E-state index contributed by atoms with van der Waals surface area (Å²) in [6.07, 6.45) is 4.64. The number of morpholine rings is 1. The van der Waals surface area contributed by atoms with Gasteiger partial charge in [0.05, 0.1) is 18.5 Å². The molecule has 1 saturated heterocycles. The van der Waals surface area contributed by atoms with Gasteiger partial charge in [-0.1, -0.05) is 6.07 Å². The van der Waals surface area contributed by atoms with Crippen LogP contribution in [0.25, 0.3) is 11.5 Å². The Bertz CT molecular complexity index is 1360. The van der Waals surface area contributed by atoms with Crippen molar-refractivity contribution < 1.29 is 14.3 Å². The van der Waals surface area contributed by atoms with Crippen LogP contribution in [-0.2, 0) is 9.47 Å². The normalized spacial score (nSPS) is 15.1. The van der Waals surface area contributed by atoms with E-state index in [-0.39, 0.29) is 18.4 Å². The Hall–Kier alpha value is -4.55. The zero-order valence-electron chi connectivity index (χ0n) is 20.1. The van der Waals surface area contributed by atoms with Crippen molar-refractivity contribution in [3.8, 4) is 11.5 Å². The van der Waals surface area contributed by atoms with Crippen LogP contribution < -0.4 is 16.0 Å². The lowest BCUT2D eigenvalue weighted by atomic mass is 10.3. The smallest absolute Gasteiger partial charge is 0.357 e. The number of pyridine rings is 2. The predicted molar refractivity (Wildman–Crippen MR) is 136 cm³/mol. The first kappa shape index (κ1) is 24.2. The van der Waals surface area contributed by atoms with Crippen molar-refractivity contribution in [2.24, 2.45) is 0 Å². The largest absolute Gasteiger partial charge is 0.458 e. The molecule has 0 amide bonds. The maximum absolute atomic E-state index is 12.3. The third kappa shape index (κ3) is 6.57. The Morgan fingerprint density at radius 1 is 1.03 bits per heavy atom. The number of aryl methyl sites for hydroxylation is 1. The van der Waals surface area contributed by atoms with E-state index in [9.17, 15) is 4.79 Å². The van der Waals surface area contributed by atoms with Crippen molar-refractivity contribution in [1.29, 1.82) is 0 Å². The maximum atomic E-state index is 12.3. The van der Waals surface area contributed by atoms with E-state index >= 15 is 0 Å². The molecule has 0 aromatic carbocycles. The highest BCUT2D eigenvalue weighted by molar-refractivity contribution is 5.87. The van der Waals surface area contributed by atoms with Gasteiger partial charge in [0.1, 0.15) is 35.7 Å². The molecule has 0 bridgehead atoms. The highest BCUT2D eigenvalue weighted by atomic mass is 16.6. The van der Waals surface area contributed by atoms with Crippen molar-refractivity contribution in [3.05, 3.63) is 72.4 Å². The minimum absolute atomic E-state index is 0.148. The summed E-state index contributed by atoms with van der Waals surface area (Å²) in [6, 6.07) is 12.4. The van der Waals surface area contributed by atoms with Crippen LogP contribution >= 0.6 is 0 Å². The van der Waals surface area contributed by atoms with Crippen LogP contribution in [0.2, 0.25) is 0 Å². The zero-order chi connectivity index (χ0) is 25.5. The molecule has 3 N–H and O–H groups in total. The second-order valence-electron chi connectivity index (χ2n) is 8.17. The Labute approximate surface area is 213 Å². The molecule has 37 heavy (non-hydrogen) atoms. The third-order valence-corrected chi connectivity index (χ3v) is 5.32. The summed E-state index contributed by atoms with van der Waals surface area (Å²) in [5.41, 5.74) is 2.39. The summed E-state index contributed by atoms with van der Waals surface area (Å²) in [5.74, 6) is 1.45. The fraction of sp³-hybridized carbons (Fsp3) is 0.240. The van der Waals surface area contributed by atoms with Crippen molar-refractivity contribution in [2.45, 2.75) is 13.0 Å². The Morgan fingerprint density at radius 3 is 2.68 bits per heavy atom. The molecule has 188 valence electrons. The molecule has 0 radical (unpaired) electrons. The summed E-state index contributed by atoms with van der Waals surface area (Å²) < 4.78 is 10.8. The van der Waals surface area contributed by atoms with Crippen LogP contribution in [-0.4, -0.2) is 68.3 Å². The molecule has 4 aromatic heterocycles. The van der Waals surface area contributed by atoms with Gasteiger partial charge in [-0.3, -0.25) is 0 Å². The number of nitrogens with zero attached hydrogens (tertiary/aromatic N) is 6. The summed E-state index contributed by atoms with van der Waals surface area (Å²) in [6.45, 7) is 4.15. The van der Waals surface area contributed by atoms with Gasteiger partial charge >= 0.3 is 5.97 Å². The van der Waals surface area contributed by atoms with E-state index < -0.39 is 5.97 Å². The third-order valence-electron chi connectivity index (χ3n) is 5.32. The van der Waals surface area contributed by atoms with E-state index in [1.807, 2.05) is 25.1 Å². The van der Waals surface area contributed by atoms with Gasteiger partial charge in [-0.2, -0.15) is 4.98 Å². The minimum atomic E-state index is -0.506. The number of carbonyl (C=O) groups excluding carboxylic acids is 1. The molecule has 12 nitrogen and oxygen atoms in total. The first-order chi connectivity index (χ1) is 18.1. The van der Waals surface area contributed by atoms with E-state index in [1.165, 1.54) is 6.20 Å². The lowest BCUT2D eigenvalue weighted by Gasteiger charge is -2.23. The van der Waals surface area contributed by atoms with Crippen LogP contribution in [0.3, 0.4) is 0 Å². The highest BCUT2D eigenvalue weighted by Crippen LogP contribution is 2.19.